The number of carboxylic acid groups (broad SMARTS) is 1. The molecule has 112 valence electrons. The lowest BCUT2D eigenvalue weighted by atomic mass is 9.93. The van der Waals surface area contributed by atoms with Gasteiger partial charge in [0.15, 0.2) is 11.6 Å². The number of hydrogen-bond donors (Lipinski definition) is 2. The van der Waals surface area contributed by atoms with Crippen molar-refractivity contribution in [3.05, 3.63) is 29.3 Å². The van der Waals surface area contributed by atoms with Crippen LogP contribution in [-0.2, 0) is 0 Å². The molecule has 0 aliphatic carbocycles. The average molecular weight is 286 g/mol. The smallest absolute Gasteiger partial charge is 0.338 e. The summed E-state index contributed by atoms with van der Waals surface area (Å²) in [4.78, 5) is 12.7. The summed E-state index contributed by atoms with van der Waals surface area (Å²) in [7, 11) is 3.87. The Bertz CT molecular complexity index is 502. The third-order valence-corrected chi connectivity index (χ3v) is 2.81. The quantitative estimate of drug-likeness (QED) is 0.844. The summed E-state index contributed by atoms with van der Waals surface area (Å²) in [5.74, 6) is -3.99. The summed E-state index contributed by atoms with van der Waals surface area (Å²) in [5.41, 5.74) is -0.835. The molecule has 0 fully saturated rings. The highest BCUT2D eigenvalue weighted by molar-refractivity contribution is 5.88. The van der Waals surface area contributed by atoms with Gasteiger partial charge in [-0.25, -0.2) is 13.6 Å². The second-order valence-electron chi connectivity index (χ2n) is 5.85. The highest BCUT2D eigenvalue weighted by Crippen LogP contribution is 2.23. The van der Waals surface area contributed by atoms with Gasteiger partial charge in [-0.15, -0.1) is 0 Å². The molecule has 4 nitrogen and oxygen atoms in total. The van der Waals surface area contributed by atoms with Crippen LogP contribution in [0.5, 0.6) is 0 Å². The number of benzene rings is 1. The zero-order valence-corrected chi connectivity index (χ0v) is 12.1. The first kappa shape index (κ1) is 16.4. The summed E-state index contributed by atoms with van der Waals surface area (Å²) < 4.78 is 27.3. The predicted octanol–water partition coefficient (Wildman–Crippen LogP) is 2.66. The standard InChI is InChI=1S/C14H20F2N2O2/c1-14(2,8-18(3)4)7-17-10-6-5-9(13(19)20)11(15)12(10)16/h5-6,17H,7-8H2,1-4H3,(H,19,20). The second-order valence-corrected chi connectivity index (χ2v) is 5.85. The van der Waals surface area contributed by atoms with Gasteiger partial charge in [-0.1, -0.05) is 13.8 Å². The Hall–Kier alpha value is -1.69. The number of carboxylic acids is 1. The number of nitrogens with zero attached hydrogens (tertiary/aromatic N) is 1. The van der Waals surface area contributed by atoms with Gasteiger partial charge in [0.05, 0.1) is 11.3 Å². The largest absolute Gasteiger partial charge is 0.478 e. The van der Waals surface area contributed by atoms with Crippen LogP contribution in [0.2, 0.25) is 0 Å². The van der Waals surface area contributed by atoms with Crippen molar-refractivity contribution in [2.75, 3.05) is 32.5 Å². The van der Waals surface area contributed by atoms with Crippen LogP contribution in [0.1, 0.15) is 24.2 Å². The van der Waals surface area contributed by atoms with Crippen molar-refractivity contribution in [3.8, 4) is 0 Å². The lowest BCUT2D eigenvalue weighted by Gasteiger charge is -2.29. The van der Waals surface area contributed by atoms with Crippen LogP contribution in [-0.4, -0.2) is 43.2 Å². The molecular formula is C14H20F2N2O2. The fraction of sp³-hybridized carbons (Fsp3) is 0.500. The van der Waals surface area contributed by atoms with E-state index in [4.69, 9.17) is 5.11 Å². The van der Waals surface area contributed by atoms with Gasteiger partial charge >= 0.3 is 5.97 Å². The fourth-order valence-corrected chi connectivity index (χ4v) is 2.10. The SMILES string of the molecule is CN(C)CC(C)(C)CNc1ccc(C(=O)O)c(F)c1F. The molecule has 1 aromatic carbocycles. The molecule has 0 atom stereocenters. The van der Waals surface area contributed by atoms with Gasteiger partial charge in [-0.3, -0.25) is 0 Å². The molecule has 0 aliphatic rings. The molecule has 20 heavy (non-hydrogen) atoms. The van der Waals surface area contributed by atoms with Crippen molar-refractivity contribution in [2.45, 2.75) is 13.8 Å². The number of aromatic carboxylic acids is 1. The maximum atomic E-state index is 13.7. The Balaban J connectivity index is 2.85. The van der Waals surface area contributed by atoms with Crippen LogP contribution in [0.25, 0.3) is 0 Å². The van der Waals surface area contributed by atoms with Gasteiger partial charge in [-0.2, -0.15) is 0 Å². The van der Waals surface area contributed by atoms with Crippen molar-refractivity contribution in [1.82, 2.24) is 4.90 Å². The maximum Gasteiger partial charge on any atom is 0.338 e. The van der Waals surface area contributed by atoms with Crippen molar-refractivity contribution < 1.29 is 18.7 Å². The molecule has 0 radical (unpaired) electrons. The van der Waals surface area contributed by atoms with Crippen LogP contribution < -0.4 is 5.32 Å². The molecule has 0 amide bonds. The summed E-state index contributed by atoms with van der Waals surface area (Å²) in [6.45, 7) is 5.21. The first-order chi connectivity index (χ1) is 9.14. The Morgan fingerprint density at radius 1 is 1.30 bits per heavy atom. The number of anilines is 1. The predicted molar refractivity (Wildman–Crippen MR) is 74.1 cm³/mol. The number of halogens is 2. The first-order valence-electron chi connectivity index (χ1n) is 6.24. The Morgan fingerprint density at radius 3 is 2.40 bits per heavy atom. The monoisotopic (exact) mass is 286 g/mol. The summed E-state index contributed by atoms with van der Waals surface area (Å²) in [6.07, 6.45) is 0. The molecule has 0 spiro atoms. The van der Waals surface area contributed by atoms with E-state index in [2.05, 4.69) is 5.32 Å². The van der Waals surface area contributed by atoms with Gasteiger partial charge in [0.25, 0.3) is 0 Å². The lowest BCUT2D eigenvalue weighted by molar-refractivity contribution is 0.0690. The van der Waals surface area contributed by atoms with Crippen LogP contribution in [0.4, 0.5) is 14.5 Å². The van der Waals surface area contributed by atoms with E-state index in [1.54, 1.807) is 0 Å². The van der Waals surface area contributed by atoms with Crippen molar-refractivity contribution >= 4 is 11.7 Å². The van der Waals surface area contributed by atoms with E-state index in [-0.39, 0.29) is 11.1 Å². The van der Waals surface area contributed by atoms with Crippen molar-refractivity contribution in [2.24, 2.45) is 5.41 Å². The minimum Gasteiger partial charge on any atom is -0.478 e. The van der Waals surface area contributed by atoms with Crippen molar-refractivity contribution in [1.29, 1.82) is 0 Å². The van der Waals surface area contributed by atoms with E-state index < -0.39 is 23.2 Å². The first-order valence-corrected chi connectivity index (χ1v) is 6.24. The van der Waals surface area contributed by atoms with E-state index in [9.17, 15) is 13.6 Å². The summed E-state index contributed by atoms with van der Waals surface area (Å²) >= 11 is 0. The molecular weight excluding hydrogens is 266 g/mol. The molecule has 0 bridgehead atoms. The van der Waals surface area contributed by atoms with E-state index in [1.807, 2.05) is 32.8 Å². The van der Waals surface area contributed by atoms with Gasteiger partial charge in [0.2, 0.25) is 0 Å². The molecule has 0 unspecified atom stereocenters. The second kappa shape index (κ2) is 6.17. The van der Waals surface area contributed by atoms with E-state index in [0.29, 0.717) is 6.54 Å². The highest BCUT2D eigenvalue weighted by atomic mass is 19.2. The Morgan fingerprint density at radius 2 is 1.90 bits per heavy atom. The number of nitrogens with one attached hydrogen (secondary N) is 1. The van der Waals surface area contributed by atoms with Crippen LogP contribution in [0.15, 0.2) is 12.1 Å². The van der Waals surface area contributed by atoms with Crippen LogP contribution in [0.3, 0.4) is 0 Å². The van der Waals surface area contributed by atoms with Gasteiger partial charge in [-0.05, 0) is 31.6 Å². The molecule has 1 aromatic rings. The van der Waals surface area contributed by atoms with Crippen LogP contribution >= 0.6 is 0 Å². The average Bonchev–Trinajstić information content (AvgIpc) is 2.29. The van der Waals surface area contributed by atoms with E-state index in [0.717, 1.165) is 12.6 Å². The molecule has 2 N–H and O–H groups in total. The van der Waals surface area contributed by atoms with Gasteiger partial charge in [0.1, 0.15) is 0 Å². The normalized spacial score (nSPS) is 11.8. The van der Waals surface area contributed by atoms with Gasteiger partial charge in [0, 0.05) is 13.1 Å². The molecule has 6 heteroatoms. The number of hydrogen-bond acceptors (Lipinski definition) is 3. The minimum absolute atomic E-state index is 0.0284. The molecule has 0 saturated carbocycles. The fourth-order valence-electron chi connectivity index (χ4n) is 2.10. The molecule has 0 aromatic heterocycles. The van der Waals surface area contributed by atoms with E-state index in [1.165, 1.54) is 6.07 Å². The zero-order valence-electron chi connectivity index (χ0n) is 12.1. The third kappa shape index (κ3) is 4.16. The van der Waals surface area contributed by atoms with Gasteiger partial charge < -0.3 is 15.3 Å². The maximum absolute atomic E-state index is 13.7. The number of carbonyl (C=O) groups is 1. The molecule has 0 heterocycles. The van der Waals surface area contributed by atoms with Crippen molar-refractivity contribution in [3.63, 3.8) is 0 Å². The molecule has 0 saturated heterocycles. The Kier molecular flexibility index (Phi) is 5.05. The van der Waals surface area contributed by atoms with Crippen LogP contribution in [0, 0.1) is 17.0 Å². The minimum atomic E-state index is -1.49. The molecule has 1 rings (SSSR count). The third-order valence-electron chi connectivity index (χ3n) is 2.81. The summed E-state index contributed by atoms with van der Waals surface area (Å²) in [6, 6.07) is 2.30. The number of rotatable bonds is 6. The summed E-state index contributed by atoms with van der Waals surface area (Å²) in [5, 5.41) is 11.5. The highest BCUT2D eigenvalue weighted by Gasteiger charge is 2.21. The van der Waals surface area contributed by atoms with E-state index >= 15 is 0 Å². The lowest BCUT2D eigenvalue weighted by Crippen LogP contribution is -2.34. The zero-order chi connectivity index (χ0) is 15.5. The topological polar surface area (TPSA) is 52.6 Å². The molecule has 0 aliphatic heterocycles. The Labute approximate surface area is 117 Å².